The van der Waals surface area contributed by atoms with Gasteiger partial charge in [-0.2, -0.15) is 0 Å². The summed E-state index contributed by atoms with van der Waals surface area (Å²) in [6.45, 7) is 2.14. The molecule has 2 amide bonds. The van der Waals surface area contributed by atoms with E-state index < -0.39 is 5.54 Å². The lowest BCUT2D eigenvalue weighted by molar-refractivity contribution is -0.137. The molecule has 2 aromatic rings. The van der Waals surface area contributed by atoms with Crippen LogP contribution in [0, 0.1) is 0 Å². The zero-order valence-electron chi connectivity index (χ0n) is 16.2. The highest BCUT2D eigenvalue weighted by Crippen LogP contribution is 2.29. The molecule has 0 unspecified atom stereocenters. The Morgan fingerprint density at radius 2 is 1.72 bits per heavy atom. The maximum absolute atomic E-state index is 13.6. The van der Waals surface area contributed by atoms with Gasteiger partial charge >= 0.3 is 0 Å². The van der Waals surface area contributed by atoms with E-state index in [-0.39, 0.29) is 5.91 Å². The number of alkyl halides is 1. The van der Waals surface area contributed by atoms with Gasteiger partial charge in [0.2, 0.25) is 6.41 Å². The SMILES string of the molecule is CN(C(=O)[C@@](C)(Cc1ccc(Br)cc1)N(C=O)CCCCl)c1cc(Cl)cc(Cl)c1. The normalized spacial score (nSPS) is 12.9. The van der Waals surface area contributed by atoms with Gasteiger partial charge in [0.05, 0.1) is 0 Å². The minimum absolute atomic E-state index is 0.250. The molecule has 0 saturated carbocycles. The summed E-state index contributed by atoms with van der Waals surface area (Å²) in [6, 6.07) is 12.6. The van der Waals surface area contributed by atoms with Crippen LogP contribution in [0.5, 0.6) is 0 Å². The highest BCUT2D eigenvalue weighted by Gasteiger charge is 2.41. The van der Waals surface area contributed by atoms with E-state index in [1.165, 1.54) is 9.80 Å². The molecule has 0 heterocycles. The van der Waals surface area contributed by atoms with Gasteiger partial charge in [-0.1, -0.05) is 51.3 Å². The van der Waals surface area contributed by atoms with Crippen LogP contribution in [-0.2, 0) is 16.0 Å². The third-order valence-electron chi connectivity index (χ3n) is 4.76. The maximum atomic E-state index is 13.6. The molecule has 1 atom stereocenters. The monoisotopic (exact) mass is 518 g/mol. The second-order valence-electron chi connectivity index (χ2n) is 6.91. The first-order chi connectivity index (χ1) is 13.7. The van der Waals surface area contributed by atoms with Crippen LogP contribution in [0.1, 0.15) is 18.9 Å². The number of halogens is 4. The van der Waals surface area contributed by atoms with Crippen LogP contribution < -0.4 is 4.90 Å². The van der Waals surface area contributed by atoms with E-state index in [0.717, 1.165) is 10.0 Å². The van der Waals surface area contributed by atoms with Crippen molar-refractivity contribution < 1.29 is 9.59 Å². The van der Waals surface area contributed by atoms with E-state index in [1.54, 1.807) is 32.2 Å². The van der Waals surface area contributed by atoms with Gasteiger partial charge in [0.1, 0.15) is 5.54 Å². The van der Waals surface area contributed by atoms with Gasteiger partial charge in [-0.05, 0) is 49.2 Å². The number of amides is 2. The Kier molecular flexibility index (Phi) is 8.83. The molecular formula is C21H22BrCl3N2O2. The highest BCUT2D eigenvalue weighted by atomic mass is 79.9. The molecule has 0 aromatic heterocycles. The van der Waals surface area contributed by atoms with E-state index in [0.29, 0.717) is 47.4 Å². The summed E-state index contributed by atoms with van der Waals surface area (Å²) in [4.78, 5) is 28.6. The lowest BCUT2D eigenvalue weighted by Gasteiger charge is -2.40. The van der Waals surface area contributed by atoms with Gasteiger partial charge in [0.15, 0.2) is 0 Å². The molecule has 4 nitrogen and oxygen atoms in total. The fourth-order valence-electron chi connectivity index (χ4n) is 3.16. The van der Waals surface area contributed by atoms with Crippen molar-refractivity contribution in [3.8, 4) is 0 Å². The lowest BCUT2D eigenvalue weighted by Crippen LogP contribution is -2.58. The van der Waals surface area contributed by atoms with Crippen molar-refractivity contribution in [1.82, 2.24) is 4.90 Å². The Bertz CT molecular complexity index is 843. The molecule has 0 saturated heterocycles. The van der Waals surface area contributed by atoms with Crippen LogP contribution in [0.15, 0.2) is 46.9 Å². The average molecular weight is 521 g/mol. The minimum atomic E-state index is -1.12. The van der Waals surface area contributed by atoms with E-state index in [1.807, 2.05) is 24.3 Å². The Hall–Kier alpha value is -1.27. The molecule has 2 aromatic carbocycles. The van der Waals surface area contributed by atoms with Gasteiger partial charge in [-0.25, -0.2) is 0 Å². The smallest absolute Gasteiger partial charge is 0.252 e. The average Bonchev–Trinajstić information content (AvgIpc) is 2.68. The Balaban J connectivity index is 2.44. The van der Waals surface area contributed by atoms with Crippen molar-refractivity contribution in [3.63, 3.8) is 0 Å². The first kappa shape index (κ1) is 24.0. The molecular weight excluding hydrogens is 499 g/mol. The molecule has 0 aliphatic rings. The summed E-state index contributed by atoms with van der Waals surface area (Å²) in [7, 11) is 1.65. The van der Waals surface area contributed by atoms with Gasteiger partial charge < -0.3 is 9.80 Å². The van der Waals surface area contributed by atoms with Crippen LogP contribution >= 0.6 is 50.7 Å². The zero-order valence-corrected chi connectivity index (χ0v) is 20.0. The summed E-state index contributed by atoms with van der Waals surface area (Å²) < 4.78 is 0.939. The van der Waals surface area contributed by atoms with Crippen molar-refractivity contribution in [2.45, 2.75) is 25.3 Å². The number of benzene rings is 2. The predicted octanol–water partition coefficient (Wildman–Crippen LogP) is 5.81. The molecule has 0 radical (unpaired) electrons. The first-order valence-corrected chi connectivity index (χ1v) is 11.1. The molecule has 0 spiro atoms. The van der Waals surface area contributed by atoms with Crippen molar-refractivity contribution in [3.05, 3.63) is 62.5 Å². The highest BCUT2D eigenvalue weighted by molar-refractivity contribution is 9.10. The fraction of sp³-hybridized carbons (Fsp3) is 0.333. The van der Waals surface area contributed by atoms with Crippen LogP contribution in [0.4, 0.5) is 5.69 Å². The van der Waals surface area contributed by atoms with E-state index in [4.69, 9.17) is 34.8 Å². The largest absolute Gasteiger partial charge is 0.330 e. The zero-order chi connectivity index (χ0) is 21.6. The van der Waals surface area contributed by atoms with Gasteiger partial charge in [0, 0.05) is 46.1 Å². The number of nitrogens with zero attached hydrogens (tertiary/aromatic N) is 2. The van der Waals surface area contributed by atoms with E-state index in [2.05, 4.69) is 15.9 Å². The third-order valence-corrected chi connectivity index (χ3v) is 5.99. The van der Waals surface area contributed by atoms with Gasteiger partial charge in [-0.3, -0.25) is 9.59 Å². The molecule has 8 heteroatoms. The minimum Gasteiger partial charge on any atom is -0.330 e. The van der Waals surface area contributed by atoms with Crippen molar-refractivity contribution in [1.29, 1.82) is 0 Å². The second kappa shape index (κ2) is 10.7. The third kappa shape index (κ3) is 6.11. The van der Waals surface area contributed by atoms with Gasteiger partial charge in [0.25, 0.3) is 5.91 Å². The summed E-state index contributed by atoms with van der Waals surface area (Å²) in [6.07, 6.45) is 1.64. The van der Waals surface area contributed by atoms with Gasteiger partial charge in [-0.15, -0.1) is 11.6 Å². The Morgan fingerprint density at radius 3 is 2.24 bits per heavy atom. The summed E-state index contributed by atoms with van der Waals surface area (Å²) >= 11 is 21.5. The fourth-order valence-corrected chi connectivity index (χ4v) is 4.06. The number of hydrogen-bond donors (Lipinski definition) is 0. The number of anilines is 1. The molecule has 0 aliphatic carbocycles. The van der Waals surface area contributed by atoms with E-state index >= 15 is 0 Å². The molecule has 0 fully saturated rings. The molecule has 2 rings (SSSR count). The number of hydrogen-bond acceptors (Lipinski definition) is 2. The number of likely N-dealkylation sites (N-methyl/N-ethyl adjacent to an activating group) is 1. The lowest BCUT2D eigenvalue weighted by atomic mass is 9.89. The van der Waals surface area contributed by atoms with Crippen LogP contribution in [-0.4, -0.2) is 42.2 Å². The summed E-state index contributed by atoms with van der Waals surface area (Å²) in [5.74, 6) is 0.146. The topological polar surface area (TPSA) is 40.6 Å². The molecule has 0 N–H and O–H groups in total. The van der Waals surface area contributed by atoms with Crippen LogP contribution in [0.2, 0.25) is 10.0 Å². The van der Waals surface area contributed by atoms with E-state index in [9.17, 15) is 9.59 Å². The first-order valence-electron chi connectivity index (χ1n) is 8.98. The number of carbonyl (C=O) groups is 2. The molecule has 29 heavy (non-hydrogen) atoms. The standard InChI is InChI=1S/C21H22BrCl3N2O2/c1-21(27(14-28)9-3-8-23,13-15-4-6-16(22)7-5-15)20(29)26(2)19-11-17(24)10-18(25)12-19/h4-7,10-12,14H,3,8-9,13H2,1-2H3/t21-/m1/s1. The Morgan fingerprint density at radius 1 is 1.14 bits per heavy atom. The summed E-state index contributed by atoms with van der Waals surface area (Å²) in [5, 5.41) is 0.854. The van der Waals surface area contributed by atoms with Crippen molar-refractivity contribution in [2.24, 2.45) is 0 Å². The molecule has 156 valence electrons. The predicted molar refractivity (Wildman–Crippen MR) is 124 cm³/mol. The quantitative estimate of drug-likeness (QED) is 0.309. The summed E-state index contributed by atoms with van der Waals surface area (Å²) in [5.41, 5.74) is 0.363. The maximum Gasteiger partial charge on any atom is 0.252 e. The van der Waals surface area contributed by atoms with Crippen LogP contribution in [0.3, 0.4) is 0 Å². The van der Waals surface area contributed by atoms with Crippen molar-refractivity contribution >= 4 is 68.7 Å². The molecule has 0 aliphatic heterocycles. The number of carbonyl (C=O) groups excluding carboxylic acids is 2. The number of rotatable bonds is 9. The van der Waals surface area contributed by atoms with Crippen molar-refractivity contribution in [2.75, 3.05) is 24.4 Å². The molecule has 0 bridgehead atoms. The second-order valence-corrected chi connectivity index (χ2v) is 9.08. The van der Waals surface area contributed by atoms with Crippen LogP contribution in [0.25, 0.3) is 0 Å². The Labute approximate surface area is 194 Å².